The van der Waals surface area contributed by atoms with Crippen LogP contribution < -0.4 is 10.4 Å². The third-order valence-electron chi connectivity index (χ3n) is 13.2. The summed E-state index contributed by atoms with van der Waals surface area (Å²) in [6.45, 7) is 0.881. The molecule has 0 unspecified atom stereocenters. The molecule has 0 fully saturated rings. The molecule has 11 aromatic rings. The van der Waals surface area contributed by atoms with Crippen molar-refractivity contribution in [3.05, 3.63) is 192 Å². The number of rotatable bonds is 11. The van der Waals surface area contributed by atoms with E-state index in [0.29, 0.717) is 11.8 Å². The Kier molecular flexibility index (Phi) is 9.75. The third kappa shape index (κ3) is 9.79. The molecule has 1 radical (unpaired) electrons. The molecule has 0 saturated carbocycles. The smallest absolute Gasteiger partial charge is 0.120 e. The molecule has 11 rings (SSSR count). The first-order chi connectivity index (χ1) is 41.4. The van der Waals surface area contributed by atoms with E-state index in [-0.39, 0.29) is 47.7 Å². The largest absolute Gasteiger partial charge is 0.501 e. The van der Waals surface area contributed by atoms with Gasteiger partial charge in [0.15, 0.2) is 0 Å². The van der Waals surface area contributed by atoms with E-state index >= 15 is 0 Å². The topological polar surface area (TPSA) is 48.8 Å². The number of imidazole rings is 2. The number of hydrogen-bond acceptors (Lipinski definition) is 3. The Labute approximate surface area is 472 Å². The first kappa shape index (κ1) is 34.1. The van der Waals surface area contributed by atoms with Gasteiger partial charge in [-0.2, -0.15) is 0 Å². The number of furan rings is 1. The molecule has 371 valence electrons. The average Bonchev–Trinajstić information content (AvgIpc) is 1.09. The zero-order valence-electron chi connectivity index (χ0n) is 58.7. The van der Waals surface area contributed by atoms with E-state index in [9.17, 15) is 2.74 Å². The molecule has 0 atom stereocenters. The van der Waals surface area contributed by atoms with E-state index in [2.05, 4.69) is 129 Å². The second-order valence-corrected chi connectivity index (χ2v) is 25.5. The van der Waals surface area contributed by atoms with Crippen LogP contribution in [0.25, 0.3) is 89.3 Å². The summed E-state index contributed by atoms with van der Waals surface area (Å²) < 4.78 is 152. The summed E-state index contributed by atoms with van der Waals surface area (Å²) in [7, 11) is -6.18. The number of hydrogen-bond donors (Lipinski definition) is 0. The fraction of sp³-hybridized carbons (Fsp3) is 0.231. The third-order valence-corrected chi connectivity index (χ3v) is 15.6. The fourth-order valence-electron chi connectivity index (χ4n) is 9.59. The number of benzene rings is 8. The molecule has 5 nitrogen and oxygen atoms in total. The zero-order chi connectivity index (χ0) is 64.9. The molecular formula is C65H66IrN4OSi2-2. The van der Waals surface area contributed by atoms with E-state index in [1.807, 2.05) is 43.9 Å². The maximum Gasteiger partial charge on any atom is 0.120 e. The molecule has 8 heteroatoms. The Balaban J connectivity index is 0.000000214. The van der Waals surface area contributed by atoms with Crippen molar-refractivity contribution in [3.8, 4) is 45.3 Å². The van der Waals surface area contributed by atoms with Crippen LogP contribution in [0.2, 0.25) is 19.6 Å². The van der Waals surface area contributed by atoms with Crippen LogP contribution in [0.5, 0.6) is 0 Å². The molecule has 3 heterocycles. The van der Waals surface area contributed by atoms with Gasteiger partial charge in [0.1, 0.15) is 5.58 Å². The molecule has 0 amide bonds. The van der Waals surface area contributed by atoms with Crippen molar-refractivity contribution in [3.63, 3.8) is 0 Å². The molecule has 0 bridgehead atoms. The molecule has 0 saturated heterocycles. The van der Waals surface area contributed by atoms with E-state index in [1.54, 1.807) is 12.1 Å². The molecule has 0 spiro atoms. The van der Waals surface area contributed by atoms with Gasteiger partial charge in [-0.05, 0) is 110 Å². The van der Waals surface area contributed by atoms with Crippen molar-refractivity contribution in [1.29, 1.82) is 3.70 Å². The van der Waals surface area contributed by atoms with E-state index in [4.69, 9.17) is 34.5 Å². The molecule has 0 N–H and O–H groups in total. The SMILES string of the molecule is CC(C)c1cc(-c2ccccc2)cc(C(C)C)c1-n1c(-c2[c-]ccc3c2oc2ccccc23)nc2ccccc21.[2H]C([2H])([2H])C([2H])(c1cccc(C([2H])(C([2H])([2H])[2H])C([2H])([2H])[2H])c1-n1c(-c2[c-]cc([Si]([2H])([2H])[2H])cc2)nc2ccc([Si](C)(C)C)cc21)C([2H])([2H])[2H].[Ir]. The monoisotopic (exact) mass is 1180 g/mol. The Morgan fingerprint density at radius 2 is 1.23 bits per heavy atom. The summed E-state index contributed by atoms with van der Waals surface area (Å²) in [4.78, 5) is 9.94. The molecule has 3 aromatic heterocycles. The Morgan fingerprint density at radius 1 is 0.603 bits per heavy atom. The van der Waals surface area contributed by atoms with Crippen LogP contribution in [0.15, 0.2) is 162 Å². The Morgan fingerprint density at radius 3 is 1.89 bits per heavy atom. The zero-order valence-corrected chi connectivity index (χ0v) is 46.1. The minimum atomic E-state index is -4.05. The maximum absolute atomic E-state index is 9.18. The quantitative estimate of drug-likeness (QED) is 0.0958. The van der Waals surface area contributed by atoms with Gasteiger partial charge in [-0.25, -0.2) is 0 Å². The summed E-state index contributed by atoms with van der Waals surface area (Å²) in [6, 6.07) is 54.7. The predicted molar refractivity (Wildman–Crippen MR) is 312 cm³/mol. The summed E-state index contributed by atoms with van der Waals surface area (Å²) >= 11 is 0. The molecule has 0 aliphatic carbocycles. The van der Waals surface area contributed by atoms with Gasteiger partial charge in [0, 0.05) is 59.8 Å². The standard InChI is InChI=1S/C37H31N2O.C28H35N2Si2.Ir/c1-23(2)30-21-26(25-13-6-5-7-14-25)22-31(24(3)4)35(30)39-33-19-10-9-18-32(33)38-37(39)29-17-12-16-28-27-15-8-11-20-34(27)40-36(28)29;1-18(2)23-9-8-10-24(19(3)4)27(23)30-26-17-22(32(5,6)7)15-16-25(26)29-28(30)20-11-13-21(31)14-12-20;/h5-16,18-24H,1-4H3;8-11,13-19H,1-7,31H3;/q2*-1;/i;1D3,2D3,3D3,4D3,18D,19D,31D3;. The average molecular weight is 1180 g/mol. The number of fused-ring (bicyclic) bond motifs is 5. The second-order valence-electron chi connectivity index (χ2n) is 19.8. The van der Waals surface area contributed by atoms with Crippen LogP contribution in [0.4, 0.5) is 0 Å². The summed E-state index contributed by atoms with van der Waals surface area (Å²) in [6.07, 6.45) is 0. The van der Waals surface area contributed by atoms with Crippen LogP contribution in [0.3, 0.4) is 0 Å². The van der Waals surface area contributed by atoms with Gasteiger partial charge in [0.25, 0.3) is 0 Å². The van der Waals surface area contributed by atoms with E-state index in [1.165, 1.54) is 50.7 Å². The first-order valence-corrected chi connectivity index (χ1v) is 28.1. The van der Waals surface area contributed by atoms with Gasteiger partial charge in [0.05, 0.1) is 47.4 Å². The molecular weight excluding hydrogens is 1100 g/mol. The minimum Gasteiger partial charge on any atom is -0.501 e. The van der Waals surface area contributed by atoms with E-state index in [0.717, 1.165) is 67.7 Å². The summed E-state index contributed by atoms with van der Waals surface area (Å²) in [5.74, 6) is -5.60. The summed E-state index contributed by atoms with van der Waals surface area (Å²) in [5, 5.41) is 3.09. The van der Waals surface area contributed by atoms with Crippen molar-refractivity contribution in [2.45, 2.75) is 98.4 Å². The maximum atomic E-state index is 9.18. The minimum absolute atomic E-state index is 0. The van der Waals surface area contributed by atoms with Gasteiger partial charge in [-0.1, -0.05) is 176 Å². The molecule has 73 heavy (non-hydrogen) atoms. The van der Waals surface area contributed by atoms with Gasteiger partial charge >= 0.3 is 0 Å². The van der Waals surface area contributed by atoms with Crippen molar-refractivity contribution in [2.75, 3.05) is 0 Å². The number of nitrogens with zero attached hydrogens (tertiary/aromatic N) is 4. The van der Waals surface area contributed by atoms with Crippen molar-refractivity contribution in [2.24, 2.45) is 0 Å². The summed E-state index contributed by atoms with van der Waals surface area (Å²) in [5.41, 5.74) is 9.24. The molecule has 0 aliphatic heterocycles. The van der Waals surface area contributed by atoms with Crippen molar-refractivity contribution < 1.29 is 43.7 Å². The predicted octanol–water partition coefficient (Wildman–Crippen LogP) is 15.6. The fourth-order valence-corrected chi connectivity index (χ4v) is 10.9. The molecule has 8 aromatic carbocycles. The Hall–Kier alpha value is -6.42. The second kappa shape index (κ2) is 20.8. The van der Waals surface area contributed by atoms with Crippen LogP contribution in [-0.4, -0.2) is 40.9 Å². The first-order valence-electron chi connectivity index (χ1n) is 32.6. The van der Waals surface area contributed by atoms with Crippen molar-refractivity contribution >= 4 is 72.5 Å². The van der Waals surface area contributed by atoms with Gasteiger partial charge in [-0.15, -0.1) is 53.2 Å². The molecule has 0 aliphatic rings. The van der Waals surface area contributed by atoms with Crippen molar-refractivity contribution in [1.82, 2.24) is 19.1 Å². The normalized spacial score (nSPS) is 16.5. The van der Waals surface area contributed by atoms with Gasteiger partial charge in [-0.3, -0.25) is 9.97 Å². The van der Waals surface area contributed by atoms with Crippen LogP contribution in [0.1, 0.15) is 120 Å². The number of para-hydroxylation sites is 4. The van der Waals surface area contributed by atoms with Crippen LogP contribution in [-0.2, 0) is 20.1 Å². The van der Waals surface area contributed by atoms with Crippen LogP contribution in [0, 0.1) is 12.1 Å². The van der Waals surface area contributed by atoms with Gasteiger partial charge in [0.2, 0.25) is 0 Å². The van der Waals surface area contributed by atoms with Crippen LogP contribution >= 0.6 is 0 Å². The van der Waals surface area contributed by atoms with Gasteiger partial charge < -0.3 is 13.6 Å². The Bertz CT molecular complexity index is 4350. The van der Waals surface area contributed by atoms with E-state index < -0.39 is 74.1 Å². The number of aromatic nitrogens is 4.